The molecule has 1 N–H and O–H groups in total. The van der Waals surface area contributed by atoms with Crippen molar-refractivity contribution < 1.29 is 0 Å². The molecule has 0 aromatic heterocycles. The van der Waals surface area contributed by atoms with Gasteiger partial charge in [-0.2, -0.15) is 0 Å². The average molecular weight is 257 g/mol. The molecule has 1 fully saturated rings. The highest BCUT2D eigenvalue weighted by molar-refractivity contribution is 7.99. The smallest absolute Gasteiger partial charge is 0.0406 e. The summed E-state index contributed by atoms with van der Waals surface area (Å²) in [5.41, 5.74) is 0. The predicted molar refractivity (Wildman–Crippen MR) is 71.5 cm³/mol. The van der Waals surface area contributed by atoms with E-state index in [0.717, 1.165) is 30.4 Å². The van der Waals surface area contributed by atoms with Crippen molar-refractivity contribution in [1.82, 2.24) is 10.2 Å². The van der Waals surface area contributed by atoms with Crippen LogP contribution in [0.2, 0.25) is 5.02 Å². The van der Waals surface area contributed by atoms with Gasteiger partial charge in [0.25, 0.3) is 0 Å². The summed E-state index contributed by atoms with van der Waals surface area (Å²) >= 11 is 7.76. The topological polar surface area (TPSA) is 15.3 Å². The zero-order valence-electron chi connectivity index (χ0n) is 9.45. The summed E-state index contributed by atoms with van der Waals surface area (Å²) in [5.74, 6) is 1.13. The average Bonchev–Trinajstić information content (AvgIpc) is 2.30. The lowest BCUT2D eigenvalue weighted by atomic mass is 10.2. The van der Waals surface area contributed by atoms with E-state index in [9.17, 15) is 0 Å². The van der Waals surface area contributed by atoms with Crippen molar-refractivity contribution in [1.29, 1.82) is 0 Å². The molecule has 1 atom stereocenters. The second kappa shape index (κ2) is 5.92. The molecular formula is C12H17ClN2S. The first-order valence-corrected chi connectivity index (χ1v) is 6.91. The molecule has 1 aliphatic rings. The number of piperazine rings is 1. The van der Waals surface area contributed by atoms with Gasteiger partial charge in [-0.25, -0.2) is 0 Å². The van der Waals surface area contributed by atoms with Gasteiger partial charge in [0, 0.05) is 41.3 Å². The monoisotopic (exact) mass is 256 g/mol. The number of hydrogen-bond acceptors (Lipinski definition) is 3. The summed E-state index contributed by atoms with van der Waals surface area (Å²) in [4.78, 5) is 3.72. The van der Waals surface area contributed by atoms with Gasteiger partial charge in [0.05, 0.1) is 0 Å². The van der Waals surface area contributed by atoms with Crippen LogP contribution in [0.15, 0.2) is 29.2 Å². The predicted octanol–water partition coefficient (Wildman–Crippen LogP) is 2.34. The van der Waals surface area contributed by atoms with E-state index in [-0.39, 0.29) is 0 Å². The summed E-state index contributed by atoms with van der Waals surface area (Å²) in [6.07, 6.45) is 0. The Balaban J connectivity index is 1.84. The molecule has 1 aliphatic heterocycles. The zero-order chi connectivity index (χ0) is 11.4. The van der Waals surface area contributed by atoms with Crippen LogP contribution in [0.25, 0.3) is 0 Å². The van der Waals surface area contributed by atoms with E-state index < -0.39 is 0 Å². The van der Waals surface area contributed by atoms with Crippen LogP contribution >= 0.6 is 23.4 Å². The maximum Gasteiger partial charge on any atom is 0.0406 e. The minimum atomic E-state index is 0.634. The van der Waals surface area contributed by atoms with Crippen molar-refractivity contribution >= 4 is 23.4 Å². The van der Waals surface area contributed by atoms with Gasteiger partial charge in [-0.3, -0.25) is 0 Å². The number of thioether (sulfide) groups is 1. The number of halogens is 1. The number of hydrogen-bond donors (Lipinski definition) is 1. The molecule has 1 saturated heterocycles. The van der Waals surface area contributed by atoms with Gasteiger partial charge in [0.15, 0.2) is 0 Å². The van der Waals surface area contributed by atoms with Crippen LogP contribution in [0, 0.1) is 0 Å². The van der Waals surface area contributed by atoms with Crippen LogP contribution in [0.3, 0.4) is 0 Å². The molecule has 0 spiro atoms. The van der Waals surface area contributed by atoms with Gasteiger partial charge in [-0.1, -0.05) is 11.6 Å². The zero-order valence-corrected chi connectivity index (χ0v) is 11.0. The highest BCUT2D eigenvalue weighted by atomic mass is 35.5. The van der Waals surface area contributed by atoms with Gasteiger partial charge >= 0.3 is 0 Å². The third kappa shape index (κ3) is 3.39. The van der Waals surface area contributed by atoms with Crippen LogP contribution in [-0.2, 0) is 0 Å². The molecule has 16 heavy (non-hydrogen) atoms. The molecule has 0 amide bonds. The van der Waals surface area contributed by atoms with Gasteiger partial charge in [0.1, 0.15) is 0 Å². The Kier molecular flexibility index (Phi) is 4.53. The molecule has 1 unspecified atom stereocenters. The first-order valence-electron chi connectivity index (χ1n) is 5.55. The Morgan fingerprint density at radius 2 is 2.19 bits per heavy atom. The molecule has 1 aromatic carbocycles. The largest absolute Gasteiger partial charge is 0.314 e. The van der Waals surface area contributed by atoms with Gasteiger partial charge in [0.2, 0.25) is 0 Å². The third-order valence-corrected chi connectivity index (χ3v) is 4.31. The van der Waals surface area contributed by atoms with E-state index in [1.807, 2.05) is 23.9 Å². The second-order valence-electron chi connectivity index (χ2n) is 4.10. The van der Waals surface area contributed by atoms with Gasteiger partial charge in [-0.15, -0.1) is 11.8 Å². The fraction of sp³-hybridized carbons (Fsp3) is 0.500. The van der Waals surface area contributed by atoms with Crippen molar-refractivity contribution in [3.05, 3.63) is 29.3 Å². The lowest BCUT2D eigenvalue weighted by Gasteiger charge is -2.32. The summed E-state index contributed by atoms with van der Waals surface area (Å²) in [6, 6.07) is 8.71. The number of likely N-dealkylation sites (N-methyl/N-ethyl adjacent to an activating group) is 1. The molecule has 0 bridgehead atoms. The highest BCUT2D eigenvalue weighted by Crippen LogP contribution is 2.22. The summed E-state index contributed by atoms with van der Waals surface area (Å²) in [6.45, 7) is 3.35. The molecular weight excluding hydrogens is 240 g/mol. The van der Waals surface area contributed by atoms with Crippen molar-refractivity contribution in [2.75, 3.05) is 32.4 Å². The fourth-order valence-corrected chi connectivity index (χ4v) is 2.98. The first kappa shape index (κ1) is 12.2. The molecule has 1 aromatic rings. The number of rotatable bonds is 3. The van der Waals surface area contributed by atoms with E-state index in [0.29, 0.717) is 6.04 Å². The first-order chi connectivity index (χ1) is 7.75. The van der Waals surface area contributed by atoms with Crippen LogP contribution in [0.4, 0.5) is 0 Å². The normalized spacial score (nSPS) is 22.2. The van der Waals surface area contributed by atoms with Crippen molar-refractivity contribution in [2.24, 2.45) is 0 Å². The maximum atomic E-state index is 5.86. The Labute approximate surface area is 106 Å². The fourth-order valence-electron chi connectivity index (χ4n) is 1.77. The lowest BCUT2D eigenvalue weighted by Crippen LogP contribution is -2.50. The lowest BCUT2D eigenvalue weighted by molar-refractivity contribution is 0.218. The molecule has 0 aliphatic carbocycles. The van der Waals surface area contributed by atoms with Gasteiger partial charge < -0.3 is 10.2 Å². The maximum absolute atomic E-state index is 5.86. The Bertz CT molecular complexity index is 328. The Morgan fingerprint density at radius 1 is 1.44 bits per heavy atom. The SMILES string of the molecule is CN1CCNCC1CSc1ccc(Cl)cc1. The number of nitrogens with zero attached hydrogens (tertiary/aromatic N) is 1. The molecule has 1 heterocycles. The summed E-state index contributed by atoms with van der Waals surface area (Å²) in [7, 11) is 2.20. The van der Waals surface area contributed by atoms with E-state index >= 15 is 0 Å². The minimum Gasteiger partial charge on any atom is -0.314 e. The van der Waals surface area contributed by atoms with E-state index in [2.05, 4.69) is 29.4 Å². The number of nitrogens with one attached hydrogen (secondary N) is 1. The van der Waals surface area contributed by atoms with Crippen LogP contribution in [-0.4, -0.2) is 43.4 Å². The van der Waals surface area contributed by atoms with Crippen LogP contribution < -0.4 is 5.32 Å². The summed E-state index contributed by atoms with van der Waals surface area (Å²) in [5, 5.41) is 4.24. The molecule has 0 saturated carbocycles. The van der Waals surface area contributed by atoms with Gasteiger partial charge in [-0.05, 0) is 31.3 Å². The third-order valence-electron chi connectivity index (χ3n) is 2.90. The van der Waals surface area contributed by atoms with E-state index in [4.69, 9.17) is 11.6 Å². The quantitative estimate of drug-likeness (QED) is 0.836. The minimum absolute atomic E-state index is 0.634. The van der Waals surface area contributed by atoms with Crippen LogP contribution in [0.5, 0.6) is 0 Å². The molecule has 0 radical (unpaired) electrons. The highest BCUT2D eigenvalue weighted by Gasteiger charge is 2.18. The molecule has 88 valence electrons. The van der Waals surface area contributed by atoms with Crippen molar-refractivity contribution in [3.8, 4) is 0 Å². The van der Waals surface area contributed by atoms with Crippen LogP contribution in [0.1, 0.15) is 0 Å². The standard InChI is InChI=1S/C12H17ClN2S/c1-15-7-6-14-8-11(15)9-16-12-4-2-10(13)3-5-12/h2-5,11,14H,6-9H2,1H3. The second-order valence-corrected chi connectivity index (χ2v) is 5.63. The Hall–Kier alpha value is -0.220. The molecule has 2 nitrogen and oxygen atoms in total. The summed E-state index contributed by atoms with van der Waals surface area (Å²) < 4.78 is 0. The van der Waals surface area contributed by atoms with Crippen molar-refractivity contribution in [2.45, 2.75) is 10.9 Å². The molecule has 4 heteroatoms. The van der Waals surface area contributed by atoms with E-state index in [1.54, 1.807) is 0 Å². The molecule has 2 rings (SSSR count). The van der Waals surface area contributed by atoms with E-state index in [1.165, 1.54) is 4.90 Å². The number of benzene rings is 1. The Morgan fingerprint density at radius 3 is 2.88 bits per heavy atom. The van der Waals surface area contributed by atoms with Crippen molar-refractivity contribution in [3.63, 3.8) is 0 Å².